The molecule has 0 fully saturated rings. The third-order valence-electron chi connectivity index (χ3n) is 9.21. The molecule has 0 spiro atoms. The van der Waals surface area contributed by atoms with E-state index in [-0.39, 0.29) is 0 Å². The van der Waals surface area contributed by atoms with Gasteiger partial charge in [0, 0.05) is 0 Å². The van der Waals surface area contributed by atoms with Gasteiger partial charge in [0.2, 0.25) is 0 Å². The lowest BCUT2D eigenvalue weighted by molar-refractivity contribution is -0.0399. The first kappa shape index (κ1) is 51.6. The van der Waals surface area contributed by atoms with Crippen LogP contribution in [0.15, 0.2) is 115 Å². The highest BCUT2D eigenvalue weighted by Gasteiger charge is 2.37. The summed E-state index contributed by atoms with van der Waals surface area (Å²) in [5, 5.41) is 0. The van der Waals surface area contributed by atoms with Gasteiger partial charge < -0.3 is 67.3 Å². The van der Waals surface area contributed by atoms with Gasteiger partial charge in [-0.2, -0.15) is 0 Å². The number of anilines is 1. The van der Waals surface area contributed by atoms with Crippen molar-refractivity contribution in [3.8, 4) is 5.75 Å². The van der Waals surface area contributed by atoms with Gasteiger partial charge in [0.1, 0.15) is 18.0 Å². The molecule has 0 aliphatic carbocycles. The smallest absolute Gasteiger partial charge is 0.143 e. The second-order valence-corrected chi connectivity index (χ2v) is 13.8. The summed E-state index contributed by atoms with van der Waals surface area (Å²) >= 11 is 0. The molecule has 0 aliphatic heterocycles. The molecule has 2 N–H and O–H groups in total. The van der Waals surface area contributed by atoms with Crippen molar-refractivity contribution in [2.45, 2.75) is 5.60 Å². The van der Waals surface area contributed by atoms with Crippen molar-refractivity contribution in [2.24, 2.45) is 0 Å². The summed E-state index contributed by atoms with van der Waals surface area (Å²) in [5.74, 6) is 0.666. The fourth-order valence-electron chi connectivity index (χ4n) is 6.15. The number of nitrogens with two attached hydrogens (primary N) is 1. The second-order valence-electron chi connectivity index (χ2n) is 13.8. The Kier molecular flexibility index (Phi) is 29.0. The highest BCUT2D eigenvalue weighted by molar-refractivity contribution is 5.51. The average molecular weight is 880 g/mol. The minimum absolute atomic E-state index is 0.412. The lowest BCUT2D eigenvalue weighted by Crippen LogP contribution is -2.34. The van der Waals surface area contributed by atoms with Gasteiger partial charge in [-0.25, -0.2) is 0 Å². The predicted octanol–water partition coefficient (Wildman–Crippen LogP) is 5.84. The molecule has 0 saturated carbocycles. The minimum atomic E-state index is -0.756. The van der Waals surface area contributed by atoms with Gasteiger partial charge in [-0.3, -0.25) is 0 Å². The summed E-state index contributed by atoms with van der Waals surface area (Å²) in [7, 11) is 0. The normalized spacial score (nSPS) is 11.6. The number of para-hydroxylation sites is 2. The Morgan fingerprint density at radius 3 is 0.794 bits per heavy atom. The van der Waals surface area contributed by atoms with Gasteiger partial charge in [0.25, 0.3) is 0 Å². The van der Waals surface area contributed by atoms with E-state index in [9.17, 15) is 0 Å². The van der Waals surface area contributed by atoms with Gasteiger partial charge >= 0.3 is 0 Å². The molecule has 0 unspecified atom stereocenters. The van der Waals surface area contributed by atoms with Gasteiger partial charge in [-0.05, 0) is 28.8 Å². The summed E-state index contributed by atoms with van der Waals surface area (Å²) in [6.45, 7) is 11.6. The third-order valence-corrected chi connectivity index (χ3v) is 9.21. The minimum Gasteiger partial charge on any atom is -0.489 e. The van der Waals surface area contributed by atoms with E-state index in [0.717, 1.165) is 16.7 Å². The van der Waals surface area contributed by atoms with Crippen molar-refractivity contribution in [1.82, 2.24) is 0 Å². The Morgan fingerprint density at radius 2 is 0.508 bits per heavy atom. The molecule has 0 aromatic heterocycles. The first-order valence-electron chi connectivity index (χ1n) is 21.9. The number of benzene rings is 4. The Labute approximate surface area is 374 Å². The summed E-state index contributed by atoms with van der Waals surface area (Å²) < 4.78 is 73.6. The zero-order chi connectivity index (χ0) is 44.0. The number of rotatable bonds is 41. The molecule has 348 valence electrons. The zero-order valence-corrected chi connectivity index (χ0v) is 36.8. The maximum absolute atomic E-state index is 6.74. The zero-order valence-electron chi connectivity index (χ0n) is 36.8. The van der Waals surface area contributed by atoms with E-state index in [0.29, 0.717) is 170 Å². The van der Waals surface area contributed by atoms with Crippen molar-refractivity contribution >= 4 is 5.69 Å². The Balaban J connectivity index is 0.825. The summed E-state index contributed by atoms with van der Waals surface area (Å²) in [6.07, 6.45) is 0. The van der Waals surface area contributed by atoms with Crippen LogP contribution in [0.1, 0.15) is 16.7 Å². The molecule has 14 nitrogen and oxygen atoms in total. The molecule has 0 aliphatic rings. The third kappa shape index (κ3) is 22.5. The van der Waals surface area contributed by atoms with Gasteiger partial charge in [-0.15, -0.1) is 0 Å². The molecular formula is C49H69NO13. The molecule has 14 heteroatoms. The van der Waals surface area contributed by atoms with E-state index in [1.807, 2.05) is 72.8 Å². The fraction of sp³-hybridized carbons (Fsp3) is 0.510. The first-order chi connectivity index (χ1) is 31.3. The van der Waals surface area contributed by atoms with Crippen LogP contribution in [0.25, 0.3) is 0 Å². The number of hydrogen-bond donors (Lipinski definition) is 1. The summed E-state index contributed by atoms with van der Waals surface area (Å²) in [4.78, 5) is 0. The molecule has 63 heavy (non-hydrogen) atoms. The predicted molar refractivity (Wildman–Crippen MR) is 241 cm³/mol. The first-order valence-corrected chi connectivity index (χ1v) is 21.9. The van der Waals surface area contributed by atoms with Crippen LogP contribution in [0.4, 0.5) is 5.69 Å². The molecule has 0 bridgehead atoms. The van der Waals surface area contributed by atoms with E-state index in [4.69, 9.17) is 67.3 Å². The van der Waals surface area contributed by atoms with Crippen LogP contribution in [0.5, 0.6) is 5.75 Å². The van der Waals surface area contributed by atoms with Crippen LogP contribution in [-0.2, 0) is 62.4 Å². The van der Waals surface area contributed by atoms with Crippen molar-refractivity contribution < 1.29 is 61.6 Å². The summed E-state index contributed by atoms with van der Waals surface area (Å²) in [6, 6.07) is 38.4. The summed E-state index contributed by atoms with van der Waals surface area (Å²) in [5.41, 5.74) is 8.89. The SMILES string of the molecule is Nc1ccccc1OCCOCCOCCOCCOCCOCCOCCOCCOCCOCCOCCOCCOC(c1ccccc1)(c1ccccc1)c1ccccc1. The van der Waals surface area contributed by atoms with Gasteiger partial charge in [0.15, 0.2) is 0 Å². The van der Waals surface area contributed by atoms with Gasteiger partial charge in [-0.1, -0.05) is 103 Å². The van der Waals surface area contributed by atoms with Crippen LogP contribution in [0, 0.1) is 0 Å². The number of nitrogen functional groups attached to an aromatic ring is 1. The lowest BCUT2D eigenvalue weighted by atomic mass is 9.80. The number of hydrogen-bond acceptors (Lipinski definition) is 14. The molecule has 4 aromatic carbocycles. The van der Waals surface area contributed by atoms with Gasteiger partial charge in [0.05, 0.1) is 158 Å². The maximum atomic E-state index is 6.74. The van der Waals surface area contributed by atoms with E-state index in [1.54, 1.807) is 6.07 Å². The van der Waals surface area contributed by atoms with Crippen molar-refractivity contribution in [3.05, 3.63) is 132 Å². The average Bonchev–Trinajstić information content (AvgIpc) is 3.32. The molecule has 0 heterocycles. The van der Waals surface area contributed by atoms with E-state index >= 15 is 0 Å². The van der Waals surface area contributed by atoms with Crippen molar-refractivity contribution in [3.63, 3.8) is 0 Å². The lowest BCUT2D eigenvalue weighted by Gasteiger charge is -2.36. The van der Waals surface area contributed by atoms with E-state index in [2.05, 4.69) is 36.4 Å². The van der Waals surface area contributed by atoms with Crippen LogP contribution in [-0.4, -0.2) is 159 Å². The topological polar surface area (TPSA) is 146 Å². The molecule has 0 amide bonds. The van der Waals surface area contributed by atoms with Crippen molar-refractivity contribution in [1.29, 1.82) is 0 Å². The quantitative estimate of drug-likeness (QED) is 0.0324. The molecule has 0 radical (unpaired) electrons. The second kappa shape index (κ2) is 35.4. The van der Waals surface area contributed by atoms with E-state index < -0.39 is 5.60 Å². The fourth-order valence-corrected chi connectivity index (χ4v) is 6.15. The standard InChI is InChI=1S/C49H69NO13/c50-47-18-10-11-19-48(47)62-42-40-60-38-36-58-34-32-56-30-28-54-26-24-52-22-20-51-21-23-53-25-27-55-29-31-57-33-35-59-37-39-61-41-43-63-49(44-12-4-1-5-13-44,45-14-6-2-7-15-45)46-16-8-3-9-17-46/h1-19H,20-43,50H2. The Morgan fingerprint density at radius 1 is 0.270 bits per heavy atom. The van der Waals surface area contributed by atoms with Crippen LogP contribution >= 0.6 is 0 Å². The molecule has 0 atom stereocenters. The van der Waals surface area contributed by atoms with Crippen LogP contribution < -0.4 is 10.5 Å². The Hall–Kier alpha value is -4.00. The largest absolute Gasteiger partial charge is 0.489 e. The molecule has 4 aromatic rings. The van der Waals surface area contributed by atoms with Crippen LogP contribution in [0.3, 0.4) is 0 Å². The highest BCUT2D eigenvalue weighted by atomic mass is 16.6. The van der Waals surface area contributed by atoms with E-state index in [1.165, 1.54) is 0 Å². The highest BCUT2D eigenvalue weighted by Crippen LogP contribution is 2.40. The van der Waals surface area contributed by atoms with Crippen LogP contribution in [0.2, 0.25) is 0 Å². The Bertz CT molecular complexity index is 1530. The van der Waals surface area contributed by atoms with Crippen molar-refractivity contribution in [2.75, 3.05) is 164 Å². The number of ether oxygens (including phenoxy) is 13. The maximum Gasteiger partial charge on any atom is 0.143 e. The molecule has 0 saturated heterocycles. The molecule has 4 rings (SSSR count). The monoisotopic (exact) mass is 879 g/mol. The molecular weight excluding hydrogens is 811 g/mol.